The van der Waals surface area contributed by atoms with Gasteiger partial charge in [0.25, 0.3) is 0 Å². The zero-order valence-electron chi connectivity index (χ0n) is 15.0. The number of ether oxygens (including phenoxy) is 1. The van der Waals surface area contributed by atoms with E-state index >= 15 is 0 Å². The fourth-order valence-corrected chi connectivity index (χ4v) is 3.77. The predicted molar refractivity (Wildman–Crippen MR) is 102 cm³/mol. The van der Waals surface area contributed by atoms with Gasteiger partial charge in [0.1, 0.15) is 11.6 Å². The lowest BCUT2D eigenvalue weighted by atomic mass is 10.2. The van der Waals surface area contributed by atoms with Crippen LogP contribution in [-0.2, 0) is 14.8 Å². The van der Waals surface area contributed by atoms with E-state index in [4.69, 9.17) is 16.3 Å². The van der Waals surface area contributed by atoms with Gasteiger partial charge < -0.3 is 10.1 Å². The number of aryl methyl sites for hydroxylation is 1. The third-order valence-corrected chi connectivity index (χ3v) is 5.53. The lowest BCUT2D eigenvalue weighted by Gasteiger charge is -2.16. The van der Waals surface area contributed by atoms with E-state index in [9.17, 15) is 17.6 Å². The summed E-state index contributed by atoms with van der Waals surface area (Å²) in [6.07, 6.45) is 0. The highest BCUT2D eigenvalue weighted by atomic mass is 35.5. The molecule has 0 saturated carbocycles. The van der Waals surface area contributed by atoms with Crippen molar-refractivity contribution >= 4 is 33.2 Å². The van der Waals surface area contributed by atoms with Crippen LogP contribution in [0, 0.1) is 12.7 Å². The molecule has 0 heterocycles. The first-order valence-corrected chi connectivity index (χ1v) is 10.0. The van der Waals surface area contributed by atoms with E-state index in [1.165, 1.54) is 43.3 Å². The molecule has 6 nitrogen and oxygen atoms in total. The molecule has 1 atom stereocenters. The summed E-state index contributed by atoms with van der Waals surface area (Å²) in [5.74, 6) is -0.761. The first-order chi connectivity index (χ1) is 12.6. The van der Waals surface area contributed by atoms with Crippen molar-refractivity contribution in [2.75, 3.05) is 11.9 Å². The molecule has 1 amide bonds. The monoisotopic (exact) mass is 414 g/mol. The molecule has 0 aliphatic carbocycles. The normalized spacial score (nSPS) is 12.5. The molecule has 0 bridgehead atoms. The SMILES string of the molecule is CCOc1ccc(S(=O)(=O)N[C@H](C)C(=O)Nc2cc(F)ccc2C)cc1Cl. The van der Waals surface area contributed by atoms with E-state index in [0.717, 1.165) is 0 Å². The van der Waals surface area contributed by atoms with Crippen molar-refractivity contribution in [3.8, 4) is 5.75 Å². The number of hydrogen-bond acceptors (Lipinski definition) is 4. The Morgan fingerprint density at radius 2 is 1.96 bits per heavy atom. The van der Waals surface area contributed by atoms with Crippen LogP contribution in [0.3, 0.4) is 0 Å². The van der Waals surface area contributed by atoms with Crippen LogP contribution in [0.1, 0.15) is 19.4 Å². The molecule has 27 heavy (non-hydrogen) atoms. The van der Waals surface area contributed by atoms with Gasteiger partial charge in [-0.25, -0.2) is 12.8 Å². The van der Waals surface area contributed by atoms with Gasteiger partial charge in [0, 0.05) is 5.69 Å². The van der Waals surface area contributed by atoms with Crippen molar-refractivity contribution < 1.29 is 22.3 Å². The van der Waals surface area contributed by atoms with Gasteiger partial charge in [-0.3, -0.25) is 4.79 Å². The molecular formula is C18H20ClFN2O4S. The van der Waals surface area contributed by atoms with E-state index in [1.807, 2.05) is 0 Å². The highest BCUT2D eigenvalue weighted by Gasteiger charge is 2.23. The van der Waals surface area contributed by atoms with Crippen LogP contribution in [0.4, 0.5) is 10.1 Å². The van der Waals surface area contributed by atoms with E-state index in [1.54, 1.807) is 13.8 Å². The molecular weight excluding hydrogens is 395 g/mol. The molecule has 9 heteroatoms. The first kappa shape index (κ1) is 21.1. The maximum atomic E-state index is 13.3. The standard InChI is InChI=1S/C18H20ClFN2O4S/c1-4-26-17-8-7-14(10-15(17)19)27(24,25)22-12(3)18(23)21-16-9-13(20)6-5-11(16)2/h5-10,12,22H,4H2,1-3H3,(H,21,23)/t12-/m1/s1. The number of nitrogens with one attached hydrogen (secondary N) is 2. The number of carbonyl (C=O) groups is 1. The molecule has 2 aromatic rings. The van der Waals surface area contributed by atoms with E-state index in [-0.39, 0.29) is 15.6 Å². The zero-order chi connectivity index (χ0) is 20.2. The number of rotatable bonds is 7. The summed E-state index contributed by atoms with van der Waals surface area (Å²) in [5.41, 5.74) is 0.924. The molecule has 146 valence electrons. The summed E-state index contributed by atoms with van der Waals surface area (Å²) < 4.78 is 45.9. The Kier molecular flexibility index (Phi) is 6.80. The molecule has 0 spiro atoms. The van der Waals surface area contributed by atoms with Crippen LogP contribution >= 0.6 is 11.6 Å². The van der Waals surface area contributed by atoms with Crippen LogP contribution < -0.4 is 14.8 Å². The molecule has 0 saturated heterocycles. The summed E-state index contributed by atoms with van der Waals surface area (Å²) in [5, 5.41) is 2.66. The second-order valence-electron chi connectivity index (χ2n) is 5.82. The summed E-state index contributed by atoms with van der Waals surface area (Å²) >= 11 is 6.02. The smallest absolute Gasteiger partial charge is 0.242 e. The van der Waals surface area contributed by atoms with E-state index < -0.39 is 27.8 Å². The van der Waals surface area contributed by atoms with E-state index in [2.05, 4.69) is 10.0 Å². The quantitative estimate of drug-likeness (QED) is 0.726. The van der Waals surface area contributed by atoms with Crippen molar-refractivity contribution in [3.05, 3.63) is 52.8 Å². The molecule has 0 fully saturated rings. The average molecular weight is 415 g/mol. The molecule has 2 N–H and O–H groups in total. The van der Waals surface area contributed by atoms with Crippen LogP contribution in [-0.4, -0.2) is 27.0 Å². The summed E-state index contributed by atoms with van der Waals surface area (Å²) in [4.78, 5) is 12.2. The van der Waals surface area contributed by atoms with Gasteiger partial charge in [-0.15, -0.1) is 0 Å². The lowest BCUT2D eigenvalue weighted by Crippen LogP contribution is -2.41. The Hall–Kier alpha value is -2.16. The minimum absolute atomic E-state index is 0.0995. The number of amides is 1. The number of benzene rings is 2. The summed E-state index contributed by atoms with van der Waals surface area (Å²) in [7, 11) is -3.99. The topological polar surface area (TPSA) is 84.5 Å². The Balaban J connectivity index is 2.13. The molecule has 2 aromatic carbocycles. The largest absolute Gasteiger partial charge is 0.492 e. The fourth-order valence-electron chi connectivity index (χ4n) is 2.25. The second kappa shape index (κ2) is 8.69. The third-order valence-electron chi connectivity index (χ3n) is 3.70. The van der Waals surface area contributed by atoms with Crippen molar-refractivity contribution in [3.63, 3.8) is 0 Å². The van der Waals surface area contributed by atoms with Crippen LogP contribution in [0.5, 0.6) is 5.75 Å². The number of sulfonamides is 1. The number of anilines is 1. The maximum Gasteiger partial charge on any atom is 0.242 e. The Labute approximate surface area is 162 Å². The fraction of sp³-hybridized carbons (Fsp3) is 0.278. The van der Waals surface area contributed by atoms with Gasteiger partial charge in [-0.05, 0) is 56.7 Å². The predicted octanol–water partition coefficient (Wildman–Crippen LogP) is 3.49. The highest BCUT2D eigenvalue weighted by Crippen LogP contribution is 2.27. The van der Waals surface area contributed by atoms with Gasteiger partial charge in [0.15, 0.2) is 0 Å². The first-order valence-electron chi connectivity index (χ1n) is 8.15. The second-order valence-corrected chi connectivity index (χ2v) is 7.94. The molecule has 0 aliphatic rings. The maximum absolute atomic E-state index is 13.3. The highest BCUT2D eigenvalue weighted by molar-refractivity contribution is 7.89. The molecule has 0 unspecified atom stereocenters. The minimum atomic E-state index is -3.99. The number of halogens is 2. The third kappa shape index (κ3) is 5.41. The minimum Gasteiger partial charge on any atom is -0.492 e. The Morgan fingerprint density at radius 3 is 2.59 bits per heavy atom. The van der Waals surface area contributed by atoms with Crippen molar-refractivity contribution in [1.29, 1.82) is 0 Å². The van der Waals surface area contributed by atoms with Crippen molar-refractivity contribution in [1.82, 2.24) is 4.72 Å². The number of carbonyl (C=O) groups excluding carboxylic acids is 1. The van der Waals surface area contributed by atoms with E-state index in [0.29, 0.717) is 17.9 Å². The van der Waals surface area contributed by atoms with Gasteiger partial charge in [-0.2, -0.15) is 4.72 Å². The molecule has 0 radical (unpaired) electrons. The Bertz CT molecular complexity index is 950. The Morgan fingerprint density at radius 1 is 1.26 bits per heavy atom. The molecule has 0 aliphatic heterocycles. The van der Waals surface area contributed by atoms with Gasteiger partial charge in [0.2, 0.25) is 15.9 Å². The van der Waals surface area contributed by atoms with Gasteiger partial charge in [-0.1, -0.05) is 17.7 Å². The number of hydrogen-bond donors (Lipinski definition) is 2. The molecule has 0 aromatic heterocycles. The van der Waals surface area contributed by atoms with Gasteiger partial charge in [0.05, 0.1) is 22.6 Å². The van der Waals surface area contributed by atoms with Crippen molar-refractivity contribution in [2.45, 2.75) is 31.7 Å². The van der Waals surface area contributed by atoms with Crippen molar-refractivity contribution in [2.24, 2.45) is 0 Å². The zero-order valence-corrected chi connectivity index (χ0v) is 16.6. The molecule has 2 rings (SSSR count). The summed E-state index contributed by atoms with van der Waals surface area (Å²) in [6, 6.07) is 6.88. The van der Waals surface area contributed by atoms with Crippen LogP contribution in [0.15, 0.2) is 41.3 Å². The van der Waals surface area contributed by atoms with Crippen LogP contribution in [0.2, 0.25) is 5.02 Å². The average Bonchev–Trinajstić information content (AvgIpc) is 2.59. The lowest BCUT2D eigenvalue weighted by molar-refractivity contribution is -0.117. The van der Waals surface area contributed by atoms with Gasteiger partial charge >= 0.3 is 0 Å². The summed E-state index contributed by atoms with van der Waals surface area (Å²) in [6.45, 7) is 5.26. The van der Waals surface area contributed by atoms with Crippen LogP contribution in [0.25, 0.3) is 0 Å².